The summed E-state index contributed by atoms with van der Waals surface area (Å²) in [5, 5.41) is 11.7. The highest BCUT2D eigenvalue weighted by Crippen LogP contribution is 2.37. The van der Waals surface area contributed by atoms with Crippen molar-refractivity contribution in [3.8, 4) is 0 Å². The van der Waals surface area contributed by atoms with Gasteiger partial charge in [-0.15, -0.1) is 11.3 Å². The van der Waals surface area contributed by atoms with Crippen LogP contribution in [-0.4, -0.2) is 17.0 Å². The van der Waals surface area contributed by atoms with Crippen molar-refractivity contribution in [2.75, 3.05) is 5.32 Å². The molecule has 0 saturated carbocycles. The van der Waals surface area contributed by atoms with Gasteiger partial charge in [0.15, 0.2) is 0 Å². The summed E-state index contributed by atoms with van der Waals surface area (Å²) < 4.78 is 13.5. The molecule has 0 bridgehead atoms. The molecule has 0 atom stereocenters. The first-order valence-corrected chi connectivity index (χ1v) is 7.58. The van der Waals surface area contributed by atoms with Crippen LogP contribution in [0.25, 0.3) is 0 Å². The van der Waals surface area contributed by atoms with Gasteiger partial charge in [0, 0.05) is 5.69 Å². The summed E-state index contributed by atoms with van der Waals surface area (Å²) in [6.07, 6.45) is 0. The Morgan fingerprint density at radius 3 is 2.20 bits per heavy atom. The second kappa shape index (κ2) is 6.02. The quantitative estimate of drug-likeness (QED) is 0.772. The third-order valence-electron chi connectivity index (χ3n) is 2.37. The number of carboxylic acid groups (broad SMARTS) is 1. The van der Waals surface area contributed by atoms with Crippen molar-refractivity contribution >= 4 is 60.8 Å². The molecule has 2 aromatic rings. The molecule has 0 fully saturated rings. The first kappa shape index (κ1) is 15.1. The minimum Gasteiger partial charge on any atom is -0.478 e. The van der Waals surface area contributed by atoms with Crippen molar-refractivity contribution in [2.45, 2.75) is 0 Å². The monoisotopic (exact) mass is 421 g/mol. The molecular weight excluding hydrogens is 417 g/mol. The van der Waals surface area contributed by atoms with Crippen molar-refractivity contribution in [1.29, 1.82) is 0 Å². The highest BCUT2D eigenvalue weighted by Gasteiger charge is 2.26. The van der Waals surface area contributed by atoms with E-state index in [-0.39, 0.29) is 11.1 Å². The van der Waals surface area contributed by atoms with Gasteiger partial charge < -0.3 is 10.4 Å². The van der Waals surface area contributed by atoms with E-state index >= 15 is 0 Å². The average Bonchev–Trinajstić information content (AvgIpc) is 2.67. The van der Waals surface area contributed by atoms with Crippen molar-refractivity contribution < 1.29 is 19.1 Å². The van der Waals surface area contributed by atoms with Crippen LogP contribution in [0.1, 0.15) is 20.7 Å². The normalized spacial score (nSPS) is 10.3. The summed E-state index contributed by atoms with van der Waals surface area (Å²) in [5.41, 5.74) is 0.294. The lowest BCUT2D eigenvalue weighted by atomic mass is 10.2. The molecule has 104 valence electrons. The Balaban J connectivity index is 2.34. The molecule has 0 saturated heterocycles. The van der Waals surface area contributed by atoms with Crippen LogP contribution in [0, 0.1) is 5.82 Å². The van der Waals surface area contributed by atoms with Crippen LogP contribution in [0.3, 0.4) is 0 Å². The number of hydrogen-bond donors (Lipinski definition) is 2. The Kier molecular flexibility index (Phi) is 4.56. The number of anilines is 1. The SMILES string of the molecule is O=C(O)c1c(Br)sc(Br)c1C(=O)Nc1ccc(F)cc1. The van der Waals surface area contributed by atoms with Crippen LogP contribution >= 0.6 is 43.2 Å². The number of amides is 1. The summed E-state index contributed by atoms with van der Waals surface area (Å²) in [4.78, 5) is 23.3. The maximum absolute atomic E-state index is 12.8. The summed E-state index contributed by atoms with van der Waals surface area (Å²) in [6, 6.07) is 5.19. The van der Waals surface area contributed by atoms with Gasteiger partial charge in [0.2, 0.25) is 0 Å². The molecule has 8 heteroatoms. The van der Waals surface area contributed by atoms with Crippen molar-refractivity contribution in [2.24, 2.45) is 0 Å². The number of halogens is 3. The lowest BCUT2D eigenvalue weighted by Crippen LogP contribution is -2.15. The second-order valence-corrected chi connectivity index (χ2v) is 7.32. The predicted octanol–water partition coefficient (Wildman–Crippen LogP) is 4.36. The van der Waals surface area contributed by atoms with Gasteiger partial charge in [0.05, 0.1) is 18.7 Å². The zero-order chi connectivity index (χ0) is 14.9. The molecule has 0 spiro atoms. The Morgan fingerprint density at radius 2 is 1.65 bits per heavy atom. The fourth-order valence-corrected chi connectivity index (χ4v) is 4.61. The Labute approximate surface area is 133 Å². The van der Waals surface area contributed by atoms with E-state index in [4.69, 9.17) is 5.11 Å². The lowest BCUT2D eigenvalue weighted by molar-refractivity contribution is 0.0692. The van der Waals surface area contributed by atoms with E-state index in [1.807, 2.05) is 0 Å². The number of benzene rings is 1. The van der Waals surface area contributed by atoms with Gasteiger partial charge in [-0.25, -0.2) is 9.18 Å². The van der Waals surface area contributed by atoms with Gasteiger partial charge in [-0.1, -0.05) is 0 Å². The highest BCUT2D eigenvalue weighted by molar-refractivity contribution is 9.12. The van der Waals surface area contributed by atoms with Crippen LogP contribution in [0.15, 0.2) is 31.8 Å². The van der Waals surface area contributed by atoms with Crippen LogP contribution < -0.4 is 5.32 Å². The van der Waals surface area contributed by atoms with E-state index in [9.17, 15) is 14.0 Å². The fraction of sp³-hybridized carbons (Fsp3) is 0. The Morgan fingerprint density at radius 1 is 1.10 bits per heavy atom. The average molecular weight is 423 g/mol. The lowest BCUT2D eigenvalue weighted by Gasteiger charge is -2.05. The fourth-order valence-electron chi connectivity index (χ4n) is 1.50. The molecule has 2 rings (SSSR count). The summed E-state index contributed by atoms with van der Waals surface area (Å²) in [7, 11) is 0. The highest BCUT2D eigenvalue weighted by atomic mass is 79.9. The van der Waals surface area contributed by atoms with E-state index < -0.39 is 17.7 Å². The number of carbonyl (C=O) groups excluding carboxylic acids is 1. The summed E-state index contributed by atoms with van der Waals surface area (Å²) >= 11 is 7.37. The topological polar surface area (TPSA) is 66.4 Å². The first-order chi connectivity index (χ1) is 9.40. The first-order valence-electron chi connectivity index (χ1n) is 5.18. The van der Waals surface area contributed by atoms with E-state index in [0.717, 1.165) is 11.3 Å². The van der Waals surface area contributed by atoms with Crippen molar-refractivity contribution in [1.82, 2.24) is 0 Å². The molecule has 0 aliphatic heterocycles. The predicted molar refractivity (Wildman–Crippen MR) is 81.0 cm³/mol. The van der Waals surface area contributed by atoms with Crippen molar-refractivity contribution in [3.63, 3.8) is 0 Å². The van der Waals surface area contributed by atoms with Gasteiger partial charge in [-0.3, -0.25) is 4.79 Å². The van der Waals surface area contributed by atoms with E-state index in [1.54, 1.807) is 0 Å². The van der Waals surface area contributed by atoms with E-state index in [0.29, 0.717) is 13.3 Å². The second-order valence-electron chi connectivity index (χ2n) is 3.67. The third-order valence-corrected chi connectivity index (χ3v) is 4.90. The van der Waals surface area contributed by atoms with E-state index in [1.165, 1.54) is 24.3 Å². The molecular formula is C12H6Br2FNO3S. The molecule has 1 heterocycles. The molecule has 1 amide bonds. The van der Waals surface area contributed by atoms with Crippen LogP contribution in [0.5, 0.6) is 0 Å². The standard InChI is InChI=1S/C12H6Br2FNO3S/c13-9-7(8(12(18)19)10(14)20-9)11(17)16-6-3-1-5(15)2-4-6/h1-4H,(H,16,17)(H,18,19). The van der Waals surface area contributed by atoms with Gasteiger partial charge >= 0.3 is 5.97 Å². The smallest absolute Gasteiger partial charge is 0.338 e. The zero-order valence-corrected chi connectivity index (χ0v) is 13.6. The number of carbonyl (C=O) groups is 2. The molecule has 2 N–H and O–H groups in total. The maximum atomic E-state index is 12.8. The molecule has 4 nitrogen and oxygen atoms in total. The minimum absolute atomic E-state index is 0.0266. The minimum atomic E-state index is -1.21. The zero-order valence-electron chi connectivity index (χ0n) is 9.62. The largest absolute Gasteiger partial charge is 0.478 e. The van der Waals surface area contributed by atoms with Crippen LogP contribution in [-0.2, 0) is 0 Å². The van der Waals surface area contributed by atoms with Gasteiger partial charge in [0.1, 0.15) is 5.82 Å². The summed E-state index contributed by atoms with van der Waals surface area (Å²) in [6.45, 7) is 0. The number of rotatable bonds is 3. The van der Waals surface area contributed by atoms with Gasteiger partial charge in [-0.2, -0.15) is 0 Å². The molecule has 0 aliphatic rings. The Hall–Kier alpha value is -1.25. The van der Waals surface area contributed by atoms with E-state index in [2.05, 4.69) is 37.2 Å². The maximum Gasteiger partial charge on any atom is 0.338 e. The molecule has 0 aliphatic carbocycles. The Bertz CT molecular complexity index is 685. The van der Waals surface area contributed by atoms with Crippen molar-refractivity contribution in [3.05, 3.63) is 48.8 Å². The summed E-state index contributed by atoms with van der Waals surface area (Å²) in [5.74, 6) is -2.21. The van der Waals surface area contributed by atoms with Gasteiger partial charge in [-0.05, 0) is 56.1 Å². The third kappa shape index (κ3) is 3.08. The molecule has 1 aromatic carbocycles. The number of aromatic carboxylic acids is 1. The number of nitrogens with one attached hydrogen (secondary N) is 1. The number of carboxylic acids is 1. The molecule has 0 unspecified atom stereocenters. The molecule has 0 radical (unpaired) electrons. The molecule has 1 aromatic heterocycles. The molecule has 20 heavy (non-hydrogen) atoms. The van der Waals surface area contributed by atoms with Crippen LogP contribution in [0.4, 0.5) is 10.1 Å². The number of thiophene rings is 1. The van der Waals surface area contributed by atoms with Crippen LogP contribution in [0.2, 0.25) is 0 Å². The number of hydrogen-bond acceptors (Lipinski definition) is 3. The van der Waals surface area contributed by atoms with Gasteiger partial charge in [0.25, 0.3) is 5.91 Å².